The Balaban J connectivity index is 3.32. The number of nitrogens with zero attached hydrogens (tertiary/aromatic N) is 1. The van der Waals surface area contributed by atoms with Gasteiger partial charge in [-0.25, -0.2) is 4.79 Å². The van der Waals surface area contributed by atoms with Crippen LogP contribution >= 0.6 is 11.8 Å². The molecule has 0 unspecified atom stereocenters. The Kier molecular flexibility index (Phi) is 14.2. The summed E-state index contributed by atoms with van der Waals surface area (Å²) in [7, 11) is 1.62. The van der Waals surface area contributed by atoms with Crippen LogP contribution in [0.25, 0.3) is 0 Å². The number of unbranched alkanes of at least 4 members (excludes halogenated alkanes) is 9. The summed E-state index contributed by atoms with van der Waals surface area (Å²) in [5.41, 5.74) is 2.53. The van der Waals surface area contributed by atoms with Crippen molar-refractivity contribution in [3.63, 3.8) is 0 Å². The lowest BCUT2D eigenvalue weighted by Gasteiger charge is -2.03. The van der Waals surface area contributed by atoms with E-state index in [2.05, 4.69) is 17.5 Å². The van der Waals surface area contributed by atoms with Crippen LogP contribution in [0.1, 0.15) is 71.1 Å². The molecule has 0 radical (unpaired) electrons. The van der Waals surface area contributed by atoms with Gasteiger partial charge in [-0.05, 0) is 12.2 Å². The number of hydrogen-bond acceptors (Lipinski definition) is 4. The lowest BCUT2D eigenvalue weighted by Crippen LogP contribution is -2.13. The van der Waals surface area contributed by atoms with Crippen molar-refractivity contribution >= 4 is 22.8 Å². The quantitative estimate of drug-likeness (QED) is 0.245. The van der Waals surface area contributed by atoms with Gasteiger partial charge in [0.15, 0.2) is 0 Å². The summed E-state index contributed by atoms with van der Waals surface area (Å²) in [5, 5.41) is 12.8. The summed E-state index contributed by atoms with van der Waals surface area (Å²) in [6.07, 6.45) is 13.0. The van der Waals surface area contributed by atoms with Crippen LogP contribution in [0.3, 0.4) is 0 Å². The monoisotopic (exact) mass is 302 g/mol. The molecule has 5 heteroatoms. The zero-order chi connectivity index (χ0) is 15.1. The third-order valence-corrected chi connectivity index (χ3v) is 4.17. The molecule has 0 atom stereocenters. The number of hydrazone groups is 1. The van der Waals surface area contributed by atoms with E-state index < -0.39 is 5.97 Å². The fraction of sp³-hybridized carbons (Fsp3) is 0.867. The number of nitrogens with one attached hydrogen (secondary N) is 1. The Hall–Kier alpha value is -0.710. The third kappa shape index (κ3) is 12.3. The van der Waals surface area contributed by atoms with Gasteiger partial charge in [0.05, 0.1) is 0 Å². The van der Waals surface area contributed by atoms with Crippen LogP contribution in [0, 0.1) is 0 Å². The fourth-order valence-electron chi connectivity index (χ4n) is 2.00. The normalized spacial score (nSPS) is 11.6. The Morgan fingerprint density at radius 1 is 1.00 bits per heavy atom. The topological polar surface area (TPSA) is 61.7 Å². The first-order valence-corrected chi connectivity index (χ1v) is 8.81. The molecule has 2 N–H and O–H groups in total. The summed E-state index contributed by atoms with van der Waals surface area (Å²) in [5.74, 6) is -0.111. The maximum absolute atomic E-state index is 10.8. The van der Waals surface area contributed by atoms with Gasteiger partial charge in [-0.2, -0.15) is 5.10 Å². The lowest BCUT2D eigenvalue weighted by molar-refractivity contribution is -0.129. The second kappa shape index (κ2) is 14.7. The molecule has 118 valence electrons. The first-order chi connectivity index (χ1) is 9.72. The van der Waals surface area contributed by atoms with Gasteiger partial charge in [0, 0.05) is 7.05 Å². The van der Waals surface area contributed by atoms with E-state index in [0.717, 1.165) is 12.2 Å². The number of carbonyl (C=O) groups is 1. The van der Waals surface area contributed by atoms with Crippen LogP contribution in [-0.2, 0) is 4.79 Å². The van der Waals surface area contributed by atoms with Gasteiger partial charge in [0.2, 0.25) is 5.04 Å². The van der Waals surface area contributed by atoms with Crippen molar-refractivity contribution < 1.29 is 9.90 Å². The first kappa shape index (κ1) is 19.3. The van der Waals surface area contributed by atoms with Gasteiger partial charge in [-0.15, -0.1) is 0 Å². The van der Waals surface area contributed by atoms with E-state index in [0.29, 0.717) is 0 Å². The average Bonchev–Trinajstić information content (AvgIpc) is 2.43. The SMILES string of the molecule is CCCCCCCCCCCCS/C(=N\NC)C(=O)O. The Morgan fingerprint density at radius 2 is 1.50 bits per heavy atom. The first-order valence-electron chi connectivity index (χ1n) is 7.82. The van der Waals surface area contributed by atoms with Crippen LogP contribution in [-0.4, -0.2) is 28.9 Å². The zero-order valence-corrected chi connectivity index (χ0v) is 13.8. The molecule has 0 fully saturated rings. The fourth-order valence-corrected chi connectivity index (χ4v) is 2.82. The zero-order valence-electron chi connectivity index (χ0n) is 13.0. The third-order valence-electron chi connectivity index (χ3n) is 3.13. The molecule has 0 aliphatic carbocycles. The molecule has 0 saturated carbocycles. The highest BCUT2D eigenvalue weighted by Gasteiger charge is 2.09. The maximum Gasteiger partial charge on any atom is 0.363 e. The second-order valence-electron chi connectivity index (χ2n) is 4.98. The number of thioether (sulfide) groups is 1. The highest BCUT2D eigenvalue weighted by Crippen LogP contribution is 2.13. The van der Waals surface area contributed by atoms with E-state index in [1.807, 2.05) is 0 Å². The summed E-state index contributed by atoms with van der Waals surface area (Å²) in [4.78, 5) is 10.8. The van der Waals surface area contributed by atoms with E-state index in [9.17, 15) is 4.79 Å². The van der Waals surface area contributed by atoms with Crippen molar-refractivity contribution in [3.05, 3.63) is 0 Å². The van der Waals surface area contributed by atoms with Gasteiger partial charge in [0.1, 0.15) is 0 Å². The minimum Gasteiger partial charge on any atom is -0.476 e. The molecule has 0 aromatic heterocycles. The van der Waals surface area contributed by atoms with Crippen molar-refractivity contribution in [3.8, 4) is 0 Å². The number of hydrogen-bond donors (Lipinski definition) is 2. The van der Waals surface area contributed by atoms with Crippen LogP contribution in [0.5, 0.6) is 0 Å². The Morgan fingerprint density at radius 3 is 1.95 bits per heavy atom. The van der Waals surface area contributed by atoms with E-state index in [-0.39, 0.29) is 5.04 Å². The Bertz CT molecular complexity index is 271. The predicted molar refractivity (Wildman–Crippen MR) is 88.4 cm³/mol. The molecule has 20 heavy (non-hydrogen) atoms. The molecule has 0 rings (SSSR count). The van der Waals surface area contributed by atoms with E-state index in [1.165, 1.54) is 69.5 Å². The van der Waals surface area contributed by atoms with Crippen molar-refractivity contribution in [1.29, 1.82) is 0 Å². The van der Waals surface area contributed by atoms with Crippen molar-refractivity contribution in [2.75, 3.05) is 12.8 Å². The van der Waals surface area contributed by atoms with Crippen molar-refractivity contribution in [1.82, 2.24) is 5.43 Å². The molecule has 0 aromatic rings. The largest absolute Gasteiger partial charge is 0.476 e. The van der Waals surface area contributed by atoms with E-state index >= 15 is 0 Å². The standard InChI is InChI=1S/C15H30N2O2S/c1-3-4-5-6-7-8-9-10-11-12-13-20-14(15(18)19)17-16-2/h16H,3-13H2,1-2H3,(H,18,19)/b17-14-. The number of rotatable bonds is 12. The summed E-state index contributed by atoms with van der Waals surface area (Å²) in [6.45, 7) is 2.25. The summed E-state index contributed by atoms with van der Waals surface area (Å²) in [6, 6.07) is 0. The minimum atomic E-state index is -0.948. The number of carboxylic acid groups (broad SMARTS) is 1. The van der Waals surface area contributed by atoms with Gasteiger partial charge < -0.3 is 10.5 Å². The highest BCUT2D eigenvalue weighted by atomic mass is 32.2. The molecule has 0 bridgehead atoms. The summed E-state index contributed by atoms with van der Waals surface area (Å²) >= 11 is 1.32. The molecular weight excluding hydrogens is 272 g/mol. The van der Waals surface area contributed by atoms with Crippen LogP contribution in [0.15, 0.2) is 5.10 Å². The summed E-state index contributed by atoms with van der Waals surface area (Å²) < 4.78 is 0. The van der Waals surface area contributed by atoms with Crippen molar-refractivity contribution in [2.24, 2.45) is 5.10 Å². The van der Waals surface area contributed by atoms with Gasteiger partial charge in [-0.1, -0.05) is 76.5 Å². The predicted octanol–water partition coefficient (Wildman–Crippen LogP) is 4.26. The van der Waals surface area contributed by atoms with Gasteiger partial charge >= 0.3 is 5.97 Å². The average molecular weight is 302 g/mol. The van der Waals surface area contributed by atoms with E-state index in [4.69, 9.17) is 5.11 Å². The van der Waals surface area contributed by atoms with Crippen molar-refractivity contribution in [2.45, 2.75) is 71.1 Å². The molecule has 0 heterocycles. The second-order valence-corrected chi connectivity index (χ2v) is 6.06. The molecule has 0 aromatic carbocycles. The molecule has 4 nitrogen and oxygen atoms in total. The Labute approximate surface area is 127 Å². The van der Waals surface area contributed by atoms with Crippen LogP contribution < -0.4 is 5.43 Å². The number of carboxylic acids is 1. The van der Waals surface area contributed by atoms with Crippen LogP contribution in [0.4, 0.5) is 0 Å². The molecule has 0 saturated heterocycles. The van der Waals surface area contributed by atoms with Gasteiger partial charge in [0.25, 0.3) is 0 Å². The number of aliphatic carboxylic acids is 1. The van der Waals surface area contributed by atoms with E-state index in [1.54, 1.807) is 7.05 Å². The molecule has 0 aliphatic heterocycles. The maximum atomic E-state index is 10.8. The van der Waals surface area contributed by atoms with Gasteiger partial charge in [-0.3, -0.25) is 0 Å². The smallest absolute Gasteiger partial charge is 0.363 e. The lowest BCUT2D eigenvalue weighted by atomic mass is 10.1. The molecule has 0 aliphatic rings. The molecule has 0 amide bonds. The highest BCUT2D eigenvalue weighted by molar-refractivity contribution is 8.15. The molecular formula is C15H30N2O2S. The molecule has 0 spiro atoms. The van der Waals surface area contributed by atoms with Crippen LogP contribution in [0.2, 0.25) is 0 Å². The minimum absolute atomic E-state index is 0.156.